The van der Waals surface area contributed by atoms with Crippen molar-refractivity contribution in [3.8, 4) is 0 Å². The summed E-state index contributed by atoms with van der Waals surface area (Å²) in [7, 11) is -4.12. The number of halogens is 3. The summed E-state index contributed by atoms with van der Waals surface area (Å²) in [6, 6.07) is 15.6. The lowest BCUT2D eigenvalue weighted by atomic mass is 9.86. The van der Waals surface area contributed by atoms with Crippen molar-refractivity contribution in [3.05, 3.63) is 89.0 Å². The standard InChI is InChI=1S/C26H23F3N2O3S/c1-25(2,3)17-6-4-16(5-7-17)14-22-21-15-20(12-13-23(21)30-24(22)32)35(33,34)31-19-10-8-18(9-11-19)26(27,28)29/h4-15,31H,1-3H3,(H,30,32). The van der Waals surface area contributed by atoms with Crippen molar-refractivity contribution in [1.29, 1.82) is 0 Å². The number of anilines is 2. The zero-order chi connectivity index (χ0) is 25.6. The average molecular weight is 501 g/mol. The van der Waals surface area contributed by atoms with Crippen LogP contribution in [-0.2, 0) is 26.4 Å². The zero-order valence-corrected chi connectivity index (χ0v) is 20.0. The number of fused-ring (bicyclic) bond motifs is 1. The van der Waals surface area contributed by atoms with Gasteiger partial charge >= 0.3 is 6.18 Å². The number of carbonyl (C=O) groups is 1. The van der Waals surface area contributed by atoms with Crippen molar-refractivity contribution in [1.82, 2.24) is 0 Å². The van der Waals surface area contributed by atoms with E-state index in [9.17, 15) is 26.4 Å². The molecule has 0 spiro atoms. The van der Waals surface area contributed by atoms with Crippen molar-refractivity contribution in [2.45, 2.75) is 37.3 Å². The van der Waals surface area contributed by atoms with Crippen LogP contribution >= 0.6 is 0 Å². The molecule has 0 unspecified atom stereocenters. The molecule has 0 bridgehead atoms. The minimum Gasteiger partial charge on any atom is -0.321 e. The van der Waals surface area contributed by atoms with Gasteiger partial charge in [0, 0.05) is 22.5 Å². The Balaban J connectivity index is 1.63. The molecule has 182 valence electrons. The summed E-state index contributed by atoms with van der Waals surface area (Å²) in [6.45, 7) is 6.30. The second kappa shape index (κ2) is 8.57. The summed E-state index contributed by atoms with van der Waals surface area (Å²) >= 11 is 0. The molecule has 0 radical (unpaired) electrons. The van der Waals surface area contributed by atoms with Crippen molar-refractivity contribution >= 4 is 39.0 Å². The highest BCUT2D eigenvalue weighted by atomic mass is 32.2. The van der Waals surface area contributed by atoms with Crippen LogP contribution in [0.4, 0.5) is 24.5 Å². The Morgan fingerprint density at radius 2 is 1.46 bits per heavy atom. The van der Waals surface area contributed by atoms with Crippen LogP contribution in [0.25, 0.3) is 11.6 Å². The molecule has 9 heteroatoms. The van der Waals surface area contributed by atoms with Gasteiger partial charge in [0.05, 0.1) is 10.5 Å². The van der Waals surface area contributed by atoms with E-state index < -0.39 is 21.8 Å². The molecule has 4 rings (SSSR count). The van der Waals surface area contributed by atoms with Gasteiger partial charge in [-0.25, -0.2) is 8.42 Å². The number of amides is 1. The molecule has 3 aromatic carbocycles. The molecule has 3 aromatic rings. The molecule has 5 nitrogen and oxygen atoms in total. The number of nitrogens with one attached hydrogen (secondary N) is 2. The van der Waals surface area contributed by atoms with Gasteiger partial charge in [-0.1, -0.05) is 45.0 Å². The third kappa shape index (κ3) is 5.24. The van der Waals surface area contributed by atoms with Crippen LogP contribution in [0, 0.1) is 0 Å². The van der Waals surface area contributed by atoms with Crippen LogP contribution < -0.4 is 10.0 Å². The molecule has 1 heterocycles. The second-order valence-electron chi connectivity index (χ2n) is 9.27. The van der Waals surface area contributed by atoms with Gasteiger partial charge in [-0.15, -0.1) is 0 Å². The average Bonchev–Trinajstić information content (AvgIpc) is 3.07. The number of benzene rings is 3. The van der Waals surface area contributed by atoms with E-state index >= 15 is 0 Å². The fourth-order valence-corrected chi connectivity index (χ4v) is 4.75. The van der Waals surface area contributed by atoms with Gasteiger partial charge in [0.1, 0.15) is 0 Å². The predicted octanol–water partition coefficient (Wildman–Crippen LogP) is 6.30. The minimum atomic E-state index is -4.52. The molecule has 35 heavy (non-hydrogen) atoms. The Morgan fingerprint density at radius 3 is 2.03 bits per heavy atom. The largest absolute Gasteiger partial charge is 0.416 e. The lowest BCUT2D eigenvalue weighted by Gasteiger charge is -2.18. The Bertz CT molecular complexity index is 1420. The van der Waals surface area contributed by atoms with Gasteiger partial charge < -0.3 is 5.32 Å². The Kier molecular flexibility index (Phi) is 6.00. The number of hydrogen-bond donors (Lipinski definition) is 2. The Labute approximate surface area is 201 Å². The normalized spacial score (nSPS) is 15.1. The zero-order valence-electron chi connectivity index (χ0n) is 19.2. The molecule has 1 amide bonds. The summed E-state index contributed by atoms with van der Waals surface area (Å²) in [5, 5.41) is 2.72. The topological polar surface area (TPSA) is 75.3 Å². The first-order chi connectivity index (χ1) is 16.2. The molecule has 0 aromatic heterocycles. The number of alkyl halides is 3. The maximum atomic E-state index is 12.9. The number of hydrogen-bond acceptors (Lipinski definition) is 3. The van der Waals surface area contributed by atoms with E-state index in [1.165, 1.54) is 18.2 Å². The molecule has 2 N–H and O–H groups in total. The van der Waals surface area contributed by atoms with Crippen LogP contribution in [0.3, 0.4) is 0 Å². The Hall–Kier alpha value is -3.59. The lowest BCUT2D eigenvalue weighted by Crippen LogP contribution is -2.13. The molecule has 0 saturated heterocycles. The van der Waals surface area contributed by atoms with E-state index in [1.807, 2.05) is 24.3 Å². The van der Waals surface area contributed by atoms with E-state index in [4.69, 9.17) is 0 Å². The lowest BCUT2D eigenvalue weighted by molar-refractivity contribution is -0.137. The molecule has 0 saturated carbocycles. The van der Waals surface area contributed by atoms with Crippen LogP contribution in [0.5, 0.6) is 0 Å². The van der Waals surface area contributed by atoms with Crippen LogP contribution in [0.15, 0.2) is 71.6 Å². The predicted molar refractivity (Wildman–Crippen MR) is 130 cm³/mol. The second-order valence-corrected chi connectivity index (χ2v) is 11.0. The summed E-state index contributed by atoms with van der Waals surface area (Å²) < 4.78 is 66.4. The highest BCUT2D eigenvalue weighted by Gasteiger charge is 2.30. The van der Waals surface area contributed by atoms with E-state index in [2.05, 4.69) is 30.8 Å². The Morgan fingerprint density at radius 1 is 0.857 bits per heavy atom. The summed E-state index contributed by atoms with van der Waals surface area (Å²) in [5.41, 5.74) is 2.22. The van der Waals surface area contributed by atoms with Gasteiger partial charge in [-0.2, -0.15) is 13.2 Å². The van der Waals surface area contributed by atoms with Crippen molar-refractivity contribution in [3.63, 3.8) is 0 Å². The highest BCUT2D eigenvalue weighted by molar-refractivity contribution is 7.92. The van der Waals surface area contributed by atoms with Gasteiger partial charge in [0.15, 0.2) is 0 Å². The number of sulfonamides is 1. The molecule has 0 atom stereocenters. The molecule has 1 aliphatic heterocycles. The fourth-order valence-electron chi connectivity index (χ4n) is 3.66. The molecule has 0 aliphatic carbocycles. The van der Waals surface area contributed by atoms with Crippen LogP contribution in [0.2, 0.25) is 0 Å². The van der Waals surface area contributed by atoms with Gasteiger partial charge in [0.2, 0.25) is 0 Å². The first-order valence-electron chi connectivity index (χ1n) is 10.7. The van der Waals surface area contributed by atoms with E-state index in [1.54, 1.807) is 6.08 Å². The summed E-state index contributed by atoms with van der Waals surface area (Å²) in [6.07, 6.45) is -2.83. The first-order valence-corrected chi connectivity index (χ1v) is 12.2. The minimum absolute atomic E-state index is 0.0117. The maximum absolute atomic E-state index is 12.9. The van der Waals surface area contributed by atoms with Crippen molar-refractivity contribution < 1.29 is 26.4 Å². The molecular weight excluding hydrogens is 477 g/mol. The van der Waals surface area contributed by atoms with Crippen LogP contribution in [0.1, 0.15) is 43.0 Å². The molecular formula is C26H23F3N2O3S. The summed E-state index contributed by atoms with van der Waals surface area (Å²) in [4.78, 5) is 12.5. The van der Waals surface area contributed by atoms with Crippen LogP contribution in [-0.4, -0.2) is 14.3 Å². The molecule has 1 aliphatic rings. The first kappa shape index (κ1) is 24.5. The van der Waals surface area contributed by atoms with Crippen molar-refractivity contribution in [2.24, 2.45) is 0 Å². The number of rotatable bonds is 4. The number of carbonyl (C=O) groups excluding carboxylic acids is 1. The van der Waals surface area contributed by atoms with Gasteiger partial charge in [-0.05, 0) is 65.1 Å². The van der Waals surface area contributed by atoms with Gasteiger partial charge in [0.25, 0.3) is 15.9 Å². The van der Waals surface area contributed by atoms with E-state index in [0.29, 0.717) is 16.8 Å². The summed E-state index contributed by atoms with van der Waals surface area (Å²) in [5.74, 6) is -0.356. The van der Waals surface area contributed by atoms with E-state index in [-0.39, 0.29) is 21.9 Å². The molecule has 0 fully saturated rings. The van der Waals surface area contributed by atoms with E-state index in [0.717, 1.165) is 35.4 Å². The smallest absolute Gasteiger partial charge is 0.321 e. The fraction of sp³-hybridized carbons (Fsp3) is 0.192. The SMILES string of the molecule is CC(C)(C)c1ccc(C=C2C(=O)Nc3ccc(S(=O)(=O)Nc4ccc(C(F)(F)F)cc4)cc32)cc1. The third-order valence-corrected chi connectivity index (χ3v) is 7.02. The highest BCUT2D eigenvalue weighted by Crippen LogP contribution is 2.36. The third-order valence-electron chi connectivity index (χ3n) is 5.64. The quantitative estimate of drug-likeness (QED) is 0.413. The maximum Gasteiger partial charge on any atom is 0.416 e. The van der Waals surface area contributed by atoms with Gasteiger partial charge in [-0.3, -0.25) is 9.52 Å². The van der Waals surface area contributed by atoms with Crippen molar-refractivity contribution in [2.75, 3.05) is 10.0 Å². The monoisotopic (exact) mass is 500 g/mol.